The molecule has 0 aromatic carbocycles. The lowest BCUT2D eigenvalue weighted by atomic mass is 10.3. The Morgan fingerprint density at radius 2 is 2.21 bits per heavy atom. The lowest BCUT2D eigenvalue weighted by Crippen LogP contribution is -2.41. The van der Waals surface area contributed by atoms with Gasteiger partial charge in [0.1, 0.15) is 0 Å². The minimum Gasteiger partial charge on any atom is -0.379 e. The largest absolute Gasteiger partial charge is 0.379 e. The second-order valence-corrected chi connectivity index (χ2v) is 6.29. The molecule has 0 spiro atoms. The molecule has 2 heterocycles. The molecule has 1 aromatic rings. The average Bonchev–Trinajstić information content (AvgIpc) is 2.89. The Bertz CT molecular complexity index is 494. The lowest BCUT2D eigenvalue weighted by Gasteiger charge is -2.25. The van der Waals surface area contributed by atoms with Crippen LogP contribution < -0.4 is 5.32 Å². The van der Waals surface area contributed by atoms with Crippen molar-refractivity contribution in [3.8, 4) is 0 Å². The highest BCUT2D eigenvalue weighted by atomic mass is 32.2. The standard InChI is InChI=1S/C11H20N4O3S/c1-2-3-12-8-10-9-13-14-11(10)19(16,17)15-4-6-18-7-5-15/h9,12H,2-8H2,1H3,(H,13,14). The number of aromatic amines is 1. The van der Waals surface area contributed by atoms with Crippen molar-refractivity contribution in [2.45, 2.75) is 24.9 Å². The first-order valence-electron chi connectivity index (χ1n) is 6.47. The molecule has 1 saturated heterocycles. The quantitative estimate of drug-likeness (QED) is 0.716. The predicted octanol–water partition coefficient (Wildman–Crippen LogP) is -0.0698. The van der Waals surface area contributed by atoms with Crippen LogP contribution in [0.25, 0.3) is 0 Å². The maximum Gasteiger partial charge on any atom is 0.260 e. The maximum absolute atomic E-state index is 12.5. The number of ether oxygens (including phenoxy) is 1. The van der Waals surface area contributed by atoms with Gasteiger partial charge in [-0.15, -0.1) is 0 Å². The normalized spacial score (nSPS) is 17.7. The first-order chi connectivity index (χ1) is 9.16. The highest BCUT2D eigenvalue weighted by molar-refractivity contribution is 7.89. The van der Waals surface area contributed by atoms with Crippen LogP contribution in [0.15, 0.2) is 11.2 Å². The van der Waals surface area contributed by atoms with Crippen LogP contribution >= 0.6 is 0 Å². The van der Waals surface area contributed by atoms with Gasteiger partial charge in [-0.1, -0.05) is 6.92 Å². The van der Waals surface area contributed by atoms with Gasteiger partial charge in [0.2, 0.25) is 0 Å². The highest BCUT2D eigenvalue weighted by Gasteiger charge is 2.29. The summed E-state index contributed by atoms with van der Waals surface area (Å²) < 4.78 is 31.6. The molecule has 0 radical (unpaired) electrons. The van der Waals surface area contributed by atoms with E-state index in [4.69, 9.17) is 4.74 Å². The van der Waals surface area contributed by atoms with Crippen LogP contribution in [0.1, 0.15) is 18.9 Å². The molecule has 0 amide bonds. The summed E-state index contributed by atoms with van der Waals surface area (Å²) in [5, 5.41) is 9.85. The van der Waals surface area contributed by atoms with Crippen LogP contribution in [0.4, 0.5) is 0 Å². The van der Waals surface area contributed by atoms with Crippen molar-refractivity contribution >= 4 is 10.0 Å². The van der Waals surface area contributed by atoms with Gasteiger partial charge in [0.15, 0.2) is 5.03 Å². The van der Waals surface area contributed by atoms with Crippen molar-refractivity contribution in [3.05, 3.63) is 11.8 Å². The molecule has 2 N–H and O–H groups in total. The summed E-state index contributed by atoms with van der Waals surface area (Å²) in [6.45, 7) is 5.08. The van der Waals surface area contributed by atoms with Gasteiger partial charge in [-0.3, -0.25) is 5.10 Å². The van der Waals surface area contributed by atoms with E-state index in [1.807, 2.05) is 0 Å². The van der Waals surface area contributed by atoms with E-state index in [2.05, 4.69) is 22.4 Å². The number of sulfonamides is 1. The number of nitrogens with zero attached hydrogens (tertiary/aromatic N) is 2. The smallest absolute Gasteiger partial charge is 0.260 e. The Kier molecular flexibility index (Phi) is 4.92. The van der Waals surface area contributed by atoms with Crippen molar-refractivity contribution in [1.29, 1.82) is 0 Å². The number of hydrogen-bond donors (Lipinski definition) is 2. The lowest BCUT2D eigenvalue weighted by molar-refractivity contribution is 0.0729. The molecule has 0 aliphatic carbocycles. The van der Waals surface area contributed by atoms with Crippen LogP contribution in [0.2, 0.25) is 0 Å². The molecular weight excluding hydrogens is 268 g/mol. The van der Waals surface area contributed by atoms with E-state index in [1.165, 1.54) is 4.31 Å². The second kappa shape index (κ2) is 6.47. The molecule has 0 saturated carbocycles. The van der Waals surface area contributed by atoms with E-state index in [0.29, 0.717) is 38.4 Å². The van der Waals surface area contributed by atoms with Crippen molar-refractivity contribution < 1.29 is 13.2 Å². The van der Waals surface area contributed by atoms with Gasteiger partial charge in [-0.2, -0.15) is 9.40 Å². The third-order valence-corrected chi connectivity index (χ3v) is 4.90. The molecule has 1 aromatic heterocycles. The third kappa shape index (κ3) is 3.33. The van der Waals surface area contributed by atoms with Crippen molar-refractivity contribution in [3.63, 3.8) is 0 Å². The topological polar surface area (TPSA) is 87.3 Å². The molecule has 1 aliphatic heterocycles. The van der Waals surface area contributed by atoms with Crippen molar-refractivity contribution in [1.82, 2.24) is 19.8 Å². The molecule has 7 nitrogen and oxygen atoms in total. The maximum atomic E-state index is 12.5. The predicted molar refractivity (Wildman–Crippen MR) is 70.2 cm³/mol. The summed E-state index contributed by atoms with van der Waals surface area (Å²) in [7, 11) is -3.49. The Morgan fingerprint density at radius 1 is 1.47 bits per heavy atom. The van der Waals surface area contributed by atoms with Gasteiger partial charge in [-0.25, -0.2) is 8.42 Å². The first kappa shape index (κ1) is 14.4. The summed E-state index contributed by atoms with van der Waals surface area (Å²) in [5.74, 6) is 0. The highest BCUT2D eigenvalue weighted by Crippen LogP contribution is 2.18. The fourth-order valence-electron chi connectivity index (χ4n) is 1.96. The monoisotopic (exact) mass is 288 g/mol. The molecule has 0 bridgehead atoms. The van der Waals surface area contributed by atoms with Gasteiger partial charge >= 0.3 is 0 Å². The van der Waals surface area contributed by atoms with Crippen molar-refractivity contribution in [2.24, 2.45) is 0 Å². The summed E-state index contributed by atoms with van der Waals surface area (Å²) in [5.41, 5.74) is 0.681. The van der Waals surface area contributed by atoms with Gasteiger partial charge in [0, 0.05) is 25.2 Å². The number of H-pyrrole nitrogens is 1. The van der Waals surface area contributed by atoms with Crippen molar-refractivity contribution in [2.75, 3.05) is 32.8 Å². The fraction of sp³-hybridized carbons (Fsp3) is 0.727. The molecule has 8 heteroatoms. The molecule has 1 aliphatic rings. The minimum absolute atomic E-state index is 0.193. The fourth-order valence-corrected chi connectivity index (χ4v) is 3.48. The second-order valence-electron chi connectivity index (χ2n) is 4.42. The summed E-state index contributed by atoms with van der Waals surface area (Å²) >= 11 is 0. The number of hydrogen-bond acceptors (Lipinski definition) is 5. The van der Waals surface area contributed by atoms with E-state index in [1.54, 1.807) is 6.20 Å². The zero-order valence-corrected chi connectivity index (χ0v) is 11.9. The van der Waals surface area contributed by atoms with Crippen LogP contribution in [0, 0.1) is 0 Å². The van der Waals surface area contributed by atoms with Gasteiger partial charge in [0.25, 0.3) is 10.0 Å². The first-order valence-corrected chi connectivity index (χ1v) is 7.91. The van der Waals surface area contributed by atoms with Gasteiger partial charge in [0.05, 0.1) is 19.4 Å². The summed E-state index contributed by atoms with van der Waals surface area (Å²) in [4.78, 5) is 0. The molecular formula is C11H20N4O3S. The number of nitrogens with one attached hydrogen (secondary N) is 2. The van der Waals surface area contributed by atoms with Crippen LogP contribution in [0.5, 0.6) is 0 Å². The van der Waals surface area contributed by atoms with E-state index in [0.717, 1.165) is 13.0 Å². The Morgan fingerprint density at radius 3 is 2.89 bits per heavy atom. The van der Waals surface area contributed by atoms with E-state index in [-0.39, 0.29) is 5.03 Å². The zero-order valence-electron chi connectivity index (χ0n) is 11.1. The number of aromatic nitrogens is 2. The minimum atomic E-state index is -3.49. The number of morpholine rings is 1. The van der Waals surface area contributed by atoms with Crippen LogP contribution in [-0.4, -0.2) is 55.8 Å². The van der Waals surface area contributed by atoms with E-state index < -0.39 is 10.0 Å². The Labute approximate surface area is 113 Å². The molecule has 0 atom stereocenters. The Hall–Kier alpha value is -0.960. The molecule has 108 valence electrons. The van der Waals surface area contributed by atoms with E-state index in [9.17, 15) is 8.42 Å². The summed E-state index contributed by atoms with van der Waals surface area (Å²) in [6, 6.07) is 0. The van der Waals surface area contributed by atoms with E-state index >= 15 is 0 Å². The SMILES string of the molecule is CCCNCc1cn[nH]c1S(=O)(=O)N1CCOCC1. The number of rotatable bonds is 6. The molecule has 2 rings (SSSR count). The molecule has 0 unspecified atom stereocenters. The van der Waals surface area contributed by atoms with Gasteiger partial charge in [-0.05, 0) is 13.0 Å². The molecule has 19 heavy (non-hydrogen) atoms. The third-order valence-electron chi connectivity index (χ3n) is 2.99. The Balaban J connectivity index is 2.13. The molecule has 1 fully saturated rings. The summed E-state index contributed by atoms with van der Waals surface area (Å²) in [6.07, 6.45) is 2.57. The van der Waals surface area contributed by atoms with Crippen LogP contribution in [0.3, 0.4) is 0 Å². The average molecular weight is 288 g/mol. The van der Waals surface area contributed by atoms with Gasteiger partial charge < -0.3 is 10.1 Å². The zero-order chi connectivity index (χ0) is 13.7. The van der Waals surface area contributed by atoms with Crippen LogP contribution in [-0.2, 0) is 21.3 Å².